The normalized spacial score (nSPS) is 23.8. The van der Waals surface area contributed by atoms with E-state index in [-0.39, 0.29) is 19.8 Å². The highest BCUT2D eigenvalue weighted by molar-refractivity contribution is 5.78. The Kier molecular flexibility index (Phi) is 11.3. The van der Waals surface area contributed by atoms with Gasteiger partial charge in [-0.25, -0.2) is 4.79 Å². The lowest BCUT2D eigenvalue weighted by molar-refractivity contribution is -0.314. The summed E-state index contributed by atoms with van der Waals surface area (Å²) < 4.78 is 32.9. The lowest BCUT2D eigenvalue weighted by Gasteiger charge is -2.46. The van der Waals surface area contributed by atoms with Crippen LogP contribution >= 0.6 is 0 Å². The first-order chi connectivity index (χ1) is 19.2. The molecule has 6 atom stereocenters. The third kappa shape index (κ3) is 7.92. The van der Waals surface area contributed by atoms with Crippen LogP contribution in [0.4, 0.5) is 0 Å². The van der Waals surface area contributed by atoms with Crippen molar-refractivity contribution in [3.05, 3.63) is 76.2 Å². The van der Waals surface area contributed by atoms with Crippen molar-refractivity contribution >= 4 is 11.9 Å². The summed E-state index contributed by atoms with van der Waals surface area (Å²) in [5.74, 6) is -3.20. The van der Waals surface area contributed by atoms with Crippen LogP contribution in [0.25, 0.3) is 10.4 Å². The number of benzene rings is 2. The lowest BCUT2D eigenvalue weighted by Crippen LogP contribution is -2.64. The van der Waals surface area contributed by atoms with Crippen LogP contribution in [0.3, 0.4) is 0 Å². The van der Waals surface area contributed by atoms with Gasteiger partial charge in [-0.15, -0.1) is 0 Å². The molecule has 13 nitrogen and oxygen atoms in total. The number of nitrogens with zero attached hydrogens (tertiary/aromatic N) is 3. The van der Waals surface area contributed by atoms with Gasteiger partial charge in [-0.3, -0.25) is 4.79 Å². The number of methoxy groups -OCH3 is 2. The molecule has 3 rings (SSSR count). The largest absolute Gasteiger partial charge is 0.497 e. The van der Waals surface area contributed by atoms with Gasteiger partial charge in [0, 0.05) is 11.8 Å². The summed E-state index contributed by atoms with van der Waals surface area (Å²) in [6.07, 6.45) is -6.52. The van der Waals surface area contributed by atoms with Crippen LogP contribution in [-0.2, 0) is 46.5 Å². The third-order valence-electron chi connectivity index (χ3n) is 6.27. The van der Waals surface area contributed by atoms with E-state index in [0.29, 0.717) is 11.3 Å². The second-order valence-electron chi connectivity index (χ2n) is 9.07. The summed E-state index contributed by atoms with van der Waals surface area (Å²) in [6, 6.07) is 14.6. The molecule has 1 aliphatic heterocycles. The number of esters is 2. The highest BCUT2D eigenvalue weighted by Gasteiger charge is 2.57. The summed E-state index contributed by atoms with van der Waals surface area (Å²) >= 11 is 0. The maximum Gasteiger partial charge on any atom is 0.366 e. The molecular formula is C27H33N3O10. The Morgan fingerprint density at radius 1 is 1.10 bits per heavy atom. The van der Waals surface area contributed by atoms with E-state index >= 15 is 0 Å². The maximum atomic E-state index is 13.0. The molecule has 1 aliphatic rings. The number of azide groups is 1. The van der Waals surface area contributed by atoms with Gasteiger partial charge < -0.3 is 38.6 Å². The van der Waals surface area contributed by atoms with Crippen LogP contribution in [0.1, 0.15) is 24.5 Å². The Labute approximate surface area is 231 Å². The van der Waals surface area contributed by atoms with Crippen LogP contribution < -0.4 is 4.74 Å². The second-order valence-corrected chi connectivity index (χ2v) is 9.07. The molecule has 2 N–H and O–H groups in total. The molecular weight excluding hydrogens is 526 g/mol. The SMILES string of the molecule is COC(=O)[C@@]1(OCc2ccccc2)C[C@H](OC(C)=O)[C@@H](N=[N+]=[N-])[C@H]([C@H](O)[C@H](O)COCc2ccc(OC)cc2)O1. The number of carbonyl (C=O) groups is 2. The van der Waals surface area contributed by atoms with Crippen molar-refractivity contribution in [2.45, 2.75) is 62.8 Å². The number of rotatable bonds is 13. The highest BCUT2D eigenvalue weighted by atomic mass is 16.7. The summed E-state index contributed by atoms with van der Waals surface area (Å²) in [7, 11) is 2.67. The second kappa shape index (κ2) is 14.6. The minimum atomic E-state index is -2.17. The molecule has 2 aromatic carbocycles. The Bertz CT molecular complexity index is 1160. The van der Waals surface area contributed by atoms with Crippen molar-refractivity contribution in [2.75, 3.05) is 20.8 Å². The predicted molar refractivity (Wildman–Crippen MR) is 139 cm³/mol. The molecule has 1 saturated heterocycles. The highest BCUT2D eigenvalue weighted by Crippen LogP contribution is 2.37. The molecule has 0 bridgehead atoms. The van der Waals surface area contributed by atoms with E-state index < -0.39 is 54.6 Å². The molecule has 13 heteroatoms. The van der Waals surface area contributed by atoms with Gasteiger partial charge in [-0.1, -0.05) is 47.6 Å². The van der Waals surface area contributed by atoms with Gasteiger partial charge in [0.05, 0.1) is 40.5 Å². The average Bonchev–Trinajstić information content (AvgIpc) is 2.97. The summed E-state index contributed by atoms with van der Waals surface area (Å²) in [5, 5.41) is 25.6. The minimum Gasteiger partial charge on any atom is -0.497 e. The van der Waals surface area contributed by atoms with Gasteiger partial charge in [-0.2, -0.15) is 0 Å². The van der Waals surface area contributed by atoms with Gasteiger partial charge in [0.25, 0.3) is 5.79 Å². The molecule has 1 fully saturated rings. The molecule has 40 heavy (non-hydrogen) atoms. The zero-order chi connectivity index (χ0) is 29.1. The third-order valence-corrected chi connectivity index (χ3v) is 6.27. The molecule has 1 heterocycles. The number of aliphatic hydroxyl groups is 2. The van der Waals surface area contributed by atoms with E-state index in [4.69, 9.17) is 28.4 Å². The fourth-order valence-electron chi connectivity index (χ4n) is 4.28. The van der Waals surface area contributed by atoms with E-state index in [1.165, 1.54) is 0 Å². The number of ether oxygens (including phenoxy) is 6. The predicted octanol–water partition coefficient (Wildman–Crippen LogP) is 2.42. The molecule has 0 aromatic heterocycles. The monoisotopic (exact) mass is 559 g/mol. The number of hydrogen-bond acceptors (Lipinski definition) is 11. The van der Waals surface area contributed by atoms with Crippen molar-refractivity contribution < 1.29 is 48.2 Å². The molecule has 0 amide bonds. The first-order valence-electron chi connectivity index (χ1n) is 12.4. The number of carbonyl (C=O) groups excluding carboxylic acids is 2. The maximum absolute atomic E-state index is 13.0. The van der Waals surface area contributed by atoms with Crippen molar-refractivity contribution in [1.29, 1.82) is 0 Å². The summed E-state index contributed by atoms with van der Waals surface area (Å²) in [6.45, 7) is 0.803. The Morgan fingerprint density at radius 2 is 1.77 bits per heavy atom. The fraction of sp³-hybridized carbons (Fsp3) is 0.481. The molecule has 0 aliphatic carbocycles. The topological polar surface area (TPSA) is 179 Å². The van der Waals surface area contributed by atoms with Crippen LogP contribution in [0.2, 0.25) is 0 Å². The quantitative estimate of drug-likeness (QED) is 0.160. The van der Waals surface area contributed by atoms with E-state index in [0.717, 1.165) is 19.6 Å². The molecule has 0 unspecified atom stereocenters. The van der Waals surface area contributed by atoms with Crippen molar-refractivity contribution in [3.8, 4) is 5.75 Å². The van der Waals surface area contributed by atoms with E-state index in [1.807, 2.05) is 6.07 Å². The molecule has 0 radical (unpaired) electrons. The molecule has 0 spiro atoms. The van der Waals surface area contributed by atoms with Gasteiger partial charge >= 0.3 is 11.9 Å². The van der Waals surface area contributed by atoms with Crippen molar-refractivity contribution in [3.63, 3.8) is 0 Å². The Hall–Kier alpha value is -3.71. The van der Waals surface area contributed by atoms with Crippen LogP contribution in [0.15, 0.2) is 59.7 Å². The van der Waals surface area contributed by atoms with Crippen LogP contribution in [-0.4, -0.2) is 79.2 Å². The molecule has 2 aromatic rings. The molecule has 0 saturated carbocycles. The van der Waals surface area contributed by atoms with Gasteiger partial charge in [0.1, 0.15) is 36.2 Å². The fourth-order valence-corrected chi connectivity index (χ4v) is 4.28. The number of hydrogen-bond donors (Lipinski definition) is 2. The van der Waals surface area contributed by atoms with Crippen LogP contribution in [0.5, 0.6) is 5.75 Å². The van der Waals surface area contributed by atoms with Gasteiger partial charge in [0.15, 0.2) is 0 Å². The van der Waals surface area contributed by atoms with E-state index in [9.17, 15) is 25.3 Å². The first kappa shape index (κ1) is 30.8. The first-order valence-corrected chi connectivity index (χ1v) is 12.4. The van der Waals surface area contributed by atoms with E-state index in [1.54, 1.807) is 55.6 Å². The standard InChI is InChI=1S/C27H33N3O10/c1-17(31)39-22-13-27(26(34)36-3,38-15-18-7-5-4-6-8-18)40-25(23(22)29-30-28)24(33)21(32)16-37-14-19-9-11-20(35-2)12-10-19/h4-12,21-25,32-33H,13-16H2,1-3H3/t21-,22+,23-,24-,25-,27-/m1/s1. The number of aliphatic hydroxyl groups excluding tert-OH is 2. The van der Waals surface area contributed by atoms with Crippen molar-refractivity contribution in [1.82, 2.24) is 0 Å². The van der Waals surface area contributed by atoms with Gasteiger partial charge in [0.2, 0.25) is 0 Å². The van der Waals surface area contributed by atoms with Crippen molar-refractivity contribution in [2.24, 2.45) is 5.11 Å². The smallest absolute Gasteiger partial charge is 0.366 e. The summed E-state index contributed by atoms with van der Waals surface area (Å²) in [4.78, 5) is 27.7. The lowest BCUT2D eigenvalue weighted by atomic mass is 9.89. The van der Waals surface area contributed by atoms with Crippen LogP contribution in [0, 0.1) is 0 Å². The summed E-state index contributed by atoms with van der Waals surface area (Å²) in [5.41, 5.74) is 10.7. The minimum absolute atomic E-state index is 0.106. The Morgan fingerprint density at radius 3 is 2.38 bits per heavy atom. The zero-order valence-electron chi connectivity index (χ0n) is 22.4. The zero-order valence-corrected chi connectivity index (χ0v) is 22.4. The molecule has 216 valence electrons. The van der Waals surface area contributed by atoms with Gasteiger partial charge in [-0.05, 0) is 28.8 Å². The van der Waals surface area contributed by atoms with E-state index in [2.05, 4.69) is 10.0 Å². The average molecular weight is 560 g/mol. The Balaban J connectivity index is 1.84.